The molecule has 0 heterocycles. The van der Waals surface area contributed by atoms with Crippen molar-refractivity contribution in [2.75, 3.05) is 6.61 Å². The van der Waals surface area contributed by atoms with E-state index in [1.54, 1.807) is 0 Å². The molecule has 0 aromatic heterocycles. The number of aliphatic hydroxyl groups excluding tert-OH is 2. The standard InChI is InChI=1S/C34H69NO3/c1-3-5-7-9-11-12-13-14-15-16-17-18-19-20-21-22-24-26-28-30-34(38)35-32(31-36)33(37)29-27-25-23-10-8-6-4-2/h32-33,36-37H,3-31H2,1-2H3,(H,35,38). The zero-order chi connectivity index (χ0) is 27.9. The van der Waals surface area contributed by atoms with Gasteiger partial charge >= 0.3 is 0 Å². The number of aliphatic hydroxyl groups is 2. The Kier molecular flexibility index (Phi) is 30.4. The molecule has 0 saturated heterocycles. The molecule has 2 atom stereocenters. The first kappa shape index (κ1) is 37.4. The van der Waals surface area contributed by atoms with Crippen molar-refractivity contribution >= 4 is 5.91 Å². The van der Waals surface area contributed by atoms with Crippen molar-refractivity contribution in [3.8, 4) is 0 Å². The molecule has 0 aromatic carbocycles. The van der Waals surface area contributed by atoms with Crippen LogP contribution in [0, 0.1) is 0 Å². The number of hydrogen-bond acceptors (Lipinski definition) is 3. The molecule has 4 nitrogen and oxygen atoms in total. The molecule has 3 N–H and O–H groups in total. The summed E-state index contributed by atoms with van der Waals surface area (Å²) in [6.07, 6.45) is 34.5. The number of nitrogens with one attached hydrogen (secondary N) is 1. The van der Waals surface area contributed by atoms with Gasteiger partial charge in [-0.15, -0.1) is 0 Å². The molecule has 0 rings (SSSR count). The van der Waals surface area contributed by atoms with Gasteiger partial charge in [0.1, 0.15) is 0 Å². The Morgan fingerprint density at radius 2 is 0.842 bits per heavy atom. The van der Waals surface area contributed by atoms with Gasteiger partial charge in [-0.3, -0.25) is 4.79 Å². The third kappa shape index (κ3) is 27.0. The highest BCUT2D eigenvalue weighted by Crippen LogP contribution is 2.15. The van der Waals surface area contributed by atoms with Gasteiger partial charge in [0.05, 0.1) is 18.8 Å². The van der Waals surface area contributed by atoms with Crippen LogP contribution < -0.4 is 5.32 Å². The van der Waals surface area contributed by atoms with E-state index in [0.29, 0.717) is 12.8 Å². The Bertz CT molecular complexity index is 471. The molecule has 0 aliphatic carbocycles. The van der Waals surface area contributed by atoms with Crippen LogP contribution in [0.2, 0.25) is 0 Å². The Hall–Kier alpha value is -0.610. The number of rotatable bonds is 31. The summed E-state index contributed by atoms with van der Waals surface area (Å²) in [6, 6.07) is -0.525. The molecule has 0 bridgehead atoms. The fraction of sp³-hybridized carbons (Fsp3) is 0.971. The van der Waals surface area contributed by atoms with E-state index < -0.39 is 12.1 Å². The summed E-state index contributed by atoms with van der Waals surface area (Å²) in [4.78, 5) is 12.2. The summed E-state index contributed by atoms with van der Waals surface area (Å²) >= 11 is 0. The number of carbonyl (C=O) groups is 1. The monoisotopic (exact) mass is 540 g/mol. The van der Waals surface area contributed by atoms with E-state index in [2.05, 4.69) is 19.2 Å². The highest BCUT2D eigenvalue weighted by atomic mass is 16.3. The molecule has 1 amide bonds. The van der Waals surface area contributed by atoms with E-state index in [-0.39, 0.29) is 12.5 Å². The maximum atomic E-state index is 12.2. The SMILES string of the molecule is CCCCCCCCCCCCCCCCCCCCCC(=O)NC(CO)C(O)CCCCCCCCC. The van der Waals surface area contributed by atoms with Gasteiger partial charge in [0.2, 0.25) is 5.91 Å². The van der Waals surface area contributed by atoms with Crippen LogP contribution in [-0.4, -0.2) is 34.9 Å². The number of unbranched alkanes of at least 4 members (excludes halogenated alkanes) is 24. The van der Waals surface area contributed by atoms with Crippen molar-refractivity contribution in [3.05, 3.63) is 0 Å². The van der Waals surface area contributed by atoms with Gasteiger partial charge in [-0.25, -0.2) is 0 Å². The van der Waals surface area contributed by atoms with Gasteiger partial charge in [-0.05, 0) is 12.8 Å². The smallest absolute Gasteiger partial charge is 0.220 e. The molecular formula is C34H69NO3. The van der Waals surface area contributed by atoms with Crippen LogP contribution in [0.15, 0.2) is 0 Å². The lowest BCUT2D eigenvalue weighted by molar-refractivity contribution is -0.123. The van der Waals surface area contributed by atoms with Crippen molar-refractivity contribution in [3.63, 3.8) is 0 Å². The summed E-state index contributed by atoms with van der Waals surface area (Å²) in [6.45, 7) is 4.32. The molecule has 228 valence electrons. The molecule has 0 spiro atoms. The highest BCUT2D eigenvalue weighted by Gasteiger charge is 2.19. The van der Waals surface area contributed by atoms with Crippen molar-refractivity contribution in [1.29, 1.82) is 0 Å². The Morgan fingerprint density at radius 3 is 1.18 bits per heavy atom. The molecule has 0 saturated carbocycles. The quantitative estimate of drug-likeness (QED) is 0.0768. The van der Waals surface area contributed by atoms with Crippen LogP contribution >= 0.6 is 0 Å². The molecule has 0 fully saturated rings. The average molecular weight is 540 g/mol. The van der Waals surface area contributed by atoms with E-state index in [1.165, 1.54) is 141 Å². The number of hydrogen-bond donors (Lipinski definition) is 3. The zero-order valence-electron chi connectivity index (χ0n) is 26.0. The third-order valence-corrected chi connectivity index (χ3v) is 8.12. The molecule has 38 heavy (non-hydrogen) atoms. The second kappa shape index (κ2) is 30.9. The van der Waals surface area contributed by atoms with E-state index in [1.807, 2.05) is 0 Å². The predicted molar refractivity (Wildman–Crippen MR) is 166 cm³/mol. The molecule has 0 aromatic rings. The molecule has 0 aliphatic heterocycles. The summed E-state index contributed by atoms with van der Waals surface area (Å²) in [7, 11) is 0. The van der Waals surface area contributed by atoms with Gasteiger partial charge in [-0.1, -0.05) is 174 Å². The fourth-order valence-electron chi connectivity index (χ4n) is 5.42. The Balaban J connectivity index is 3.45. The minimum atomic E-state index is -0.648. The van der Waals surface area contributed by atoms with E-state index in [4.69, 9.17) is 0 Å². The van der Waals surface area contributed by atoms with E-state index >= 15 is 0 Å². The van der Waals surface area contributed by atoms with E-state index in [9.17, 15) is 15.0 Å². The molecule has 0 radical (unpaired) electrons. The summed E-state index contributed by atoms with van der Waals surface area (Å²) in [5.74, 6) is -0.0327. The van der Waals surface area contributed by atoms with Crippen LogP contribution in [0.5, 0.6) is 0 Å². The lowest BCUT2D eigenvalue weighted by Gasteiger charge is -2.22. The largest absolute Gasteiger partial charge is 0.394 e. The maximum absolute atomic E-state index is 12.2. The van der Waals surface area contributed by atoms with Crippen LogP contribution in [-0.2, 0) is 4.79 Å². The van der Waals surface area contributed by atoms with Crippen molar-refractivity contribution in [1.82, 2.24) is 5.32 Å². The van der Waals surface area contributed by atoms with Crippen LogP contribution in [0.3, 0.4) is 0 Å². The van der Waals surface area contributed by atoms with Crippen molar-refractivity contribution in [2.24, 2.45) is 0 Å². The molecular weight excluding hydrogens is 470 g/mol. The minimum Gasteiger partial charge on any atom is -0.394 e. The van der Waals surface area contributed by atoms with E-state index in [0.717, 1.165) is 25.7 Å². The highest BCUT2D eigenvalue weighted by molar-refractivity contribution is 5.76. The third-order valence-electron chi connectivity index (χ3n) is 8.12. The summed E-state index contributed by atoms with van der Waals surface area (Å²) in [5.41, 5.74) is 0. The maximum Gasteiger partial charge on any atom is 0.220 e. The van der Waals surface area contributed by atoms with Gasteiger partial charge in [0, 0.05) is 6.42 Å². The van der Waals surface area contributed by atoms with Gasteiger partial charge in [0.15, 0.2) is 0 Å². The van der Waals surface area contributed by atoms with Crippen molar-refractivity contribution < 1.29 is 15.0 Å². The normalized spacial score (nSPS) is 13.1. The average Bonchev–Trinajstić information content (AvgIpc) is 2.92. The first-order valence-corrected chi connectivity index (χ1v) is 17.2. The minimum absolute atomic E-state index is 0.0327. The first-order chi connectivity index (χ1) is 18.7. The van der Waals surface area contributed by atoms with Gasteiger partial charge in [-0.2, -0.15) is 0 Å². The molecule has 4 heteroatoms. The number of carbonyl (C=O) groups excluding carboxylic acids is 1. The second-order valence-electron chi connectivity index (χ2n) is 11.9. The predicted octanol–water partition coefficient (Wildman–Crippen LogP) is 9.79. The number of amides is 1. The van der Waals surface area contributed by atoms with Crippen LogP contribution in [0.1, 0.15) is 194 Å². The lowest BCUT2D eigenvalue weighted by atomic mass is 10.0. The summed E-state index contributed by atoms with van der Waals surface area (Å²) < 4.78 is 0. The summed E-state index contributed by atoms with van der Waals surface area (Å²) in [5, 5.41) is 22.8. The Labute approximate surface area is 238 Å². The fourth-order valence-corrected chi connectivity index (χ4v) is 5.42. The molecule has 0 aliphatic rings. The topological polar surface area (TPSA) is 69.6 Å². The zero-order valence-corrected chi connectivity index (χ0v) is 26.0. The Morgan fingerprint density at radius 1 is 0.526 bits per heavy atom. The molecule has 2 unspecified atom stereocenters. The lowest BCUT2D eigenvalue weighted by Crippen LogP contribution is -2.45. The van der Waals surface area contributed by atoms with Gasteiger partial charge in [0.25, 0.3) is 0 Å². The van der Waals surface area contributed by atoms with Crippen molar-refractivity contribution in [2.45, 2.75) is 206 Å². The second-order valence-corrected chi connectivity index (χ2v) is 11.9. The van der Waals surface area contributed by atoms with Crippen LogP contribution in [0.25, 0.3) is 0 Å². The van der Waals surface area contributed by atoms with Gasteiger partial charge < -0.3 is 15.5 Å². The first-order valence-electron chi connectivity index (χ1n) is 17.2. The van der Waals surface area contributed by atoms with Crippen LogP contribution in [0.4, 0.5) is 0 Å².